The van der Waals surface area contributed by atoms with Crippen LogP contribution in [0, 0.1) is 0 Å². The van der Waals surface area contributed by atoms with E-state index in [-0.39, 0.29) is 64.3 Å². The smallest absolute Gasteiger partial charge is 0.870 e. The zero-order chi connectivity index (χ0) is 38.5. The molecule has 0 amide bonds. The molecular weight excluding hydrogens is 950 g/mol. The maximum Gasteiger partial charge on any atom is 1.00 e. The molecule has 0 saturated carbocycles. The molecule has 58 heavy (non-hydrogen) atoms. The Morgan fingerprint density at radius 3 is 0.724 bits per heavy atom. The molecule has 9 rings (SSSR count). The molecule has 0 aliphatic heterocycles. The largest absolute Gasteiger partial charge is 1.00 e. The van der Waals surface area contributed by atoms with Gasteiger partial charge in [-0.3, -0.25) is 0 Å². The molecule has 0 unspecified atom stereocenters. The summed E-state index contributed by atoms with van der Waals surface area (Å²) in [4.78, 5) is 0. The third kappa shape index (κ3) is 14.7. The van der Waals surface area contributed by atoms with Crippen LogP contribution in [0.15, 0.2) is 200 Å². The van der Waals surface area contributed by atoms with Crippen molar-refractivity contribution in [3.8, 4) is 67.5 Å². The van der Waals surface area contributed by atoms with E-state index in [2.05, 4.69) is 40.0 Å². The Labute approximate surface area is 398 Å². The quantitative estimate of drug-likeness (QED) is 0.167. The van der Waals surface area contributed by atoms with Crippen molar-refractivity contribution in [1.29, 1.82) is 0 Å². The van der Waals surface area contributed by atoms with Crippen molar-refractivity contribution >= 4 is 9.42 Å². The second-order valence-electron chi connectivity index (χ2n) is 11.5. The first-order valence-corrected chi connectivity index (χ1v) is 20.0. The molecule has 0 atom stereocenters. The fourth-order valence-electron chi connectivity index (χ4n) is 5.38. The van der Waals surface area contributed by atoms with Crippen LogP contribution in [0.2, 0.25) is 0 Å². The van der Waals surface area contributed by atoms with Gasteiger partial charge in [0.05, 0.1) is 0 Å². The maximum atomic E-state index is 7.00. The number of aromatic nitrogens is 6. The van der Waals surface area contributed by atoms with E-state index in [9.17, 15) is 0 Å². The summed E-state index contributed by atoms with van der Waals surface area (Å²) in [6.45, 7) is 0. The summed E-state index contributed by atoms with van der Waals surface area (Å²) in [5.74, 6) is 0. The van der Waals surface area contributed by atoms with Crippen LogP contribution in [0.4, 0.5) is 0 Å². The minimum atomic E-state index is 0. The van der Waals surface area contributed by atoms with Gasteiger partial charge in [0.1, 0.15) is 0 Å². The molecular formula is C47H42ClKN6O2Pt-3. The zero-order valence-corrected chi connectivity index (χ0v) is 37.5. The van der Waals surface area contributed by atoms with Crippen LogP contribution in [0.5, 0.6) is 0 Å². The van der Waals surface area contributed by atoms with Gasteiger partial charge in [0, 0.05) is 24.2 Å². The van der Waals surface area contributed by atoms with E-state index < -0.39 is 0 Å². The molecule has 0 saturated heterocycles. The molecule has 11 heteroatoms. The molecule has 0 spiro atoms. The maximum absolute atomic E-state index is 7.00. The molecule has 0 aliphatic carbocycles. The Morgan fingerprint density at radius 2 is 0.534 bits per heavy atom. The second-order valence-corrected chi connectivity index (χ2v) is 11.5. The van der Waals surface area contributed by atoms with Crippen molar-refractivity contribution in [2.75, 3.05) is 7.11 Å². The first-order chi connectivity index (χ1) is 27.3. The Bertz CT molecular complexity index is 1930. The van der Waals surface area contributed by atoms with E-state index in [0.717, 1.165) is 74.7 Å². The first kappa shape index (κ1) is 49.6. The van der Waals surface area contributed by atoms with Gasteiger partial charge in [-0.1, -0.05) is 208 Å². The molecule has 0 fully saturated rings. The Balaban J connectivity index is 0.000000280. The molecule has 293 valence electrons. The fourth-order valence-corrected chi connectivity index (χ4v) is 5.38. The van der Waals surface area contributed by atoms with Crippen LogP contribution in [0.25, 0.3) is 67.5 Å². The van der Waals surface area contributed by atoms with Crippen molar-refractivity contribution < 1.29 is 80.7 Å². The Hall–Kier alpha value is -4.52. The SMILES string of the molecule is C.CO.[Cl][Pt].[K+].[OH-].c1ccc(-c2cc(-c3ccccc3)[n-]n2)cc1.c1ccc(-c2cc(-c3ccccc3)[n-]n2)cc1.c1ccc(-c2cc(-c3ccccc3)[n-]n2)cc1. The van der Waals surface area contributed by atoms with Gasteiger partial charge in [-0.25, -0.2) is 0 Å². The summed E-state index contributed by atoms with van der Waals surface area (Å²) >= 11 is 1.61. The van der Waals surface area contributed by atoms with Gasteiger partial charge in [0.2, 0.25) is 0 Å². The van der Waals surface area contributed by atoms with Gasteiger partial charge in [-0.2, -0.15) is 0 Å². The summed E-state index contributed by atoms with van der Waals surface area (Å²) in [6, 6.07) is 66.6. The van der Waals surface area contributed by atoms with E-state index in [1.54, 1.807) is 18.8 Å². The van der Waals surface area contributed by atoms with Crippen molar-refractivity contribution in [2.24, 2.45) is 0 Å². The molecule has 0 aliphatic rings. The standard InChI is InChI=1S/3C15H11N2.CH4O.CH4.ClH.K.H2O.Pt/c3*1-3-7-12(8-4-1)14-11-15(17-16-14)13-9-5-2-6-10-13;1-2;;;;;/h3*1-11H;2H,1H3;1H4;1H;;1H2;/q3*-1;;;;+1;;+1/p-2. The number of rotatable bonds is 6. The van der Waals surface area contributed by atoms with Crippen molar-refractivity contribution in [3.05, 3.63) is 200 Å². The minimum absolute atomic E-state index is 0. The Kier molecular flexibility index (Phi) is 24.0. The van der Waals surface area contributed by atoms with Gasteiger partial charge < -0.3 is 41.2 Å². The predicted octanol–water partition coefficient (Wildman–Crippen LogP) is 7.88. The number of benzene rings is 6. The summed E-state index contributed by atoms with van der Waals surface area (Å²) in [6.07, 6.45) is 0. The fraction of sp³-hybridized carbons (Fsp3) is 0.0426. The molecule has 3 heterocycles. The molecule has 0 bridgehead atoms. The average molecular weight is 993 g/mol. The molecule has 0 radical (unpaired) electrons. The minimum Gasteiger partial charge on any atom is -0.870 e. The monoisotopic (exact) mass is 991 g/mol. The van der Waals surface area contributed by atoms with Crippen LogP contribution in [0.3, 0.4) is 0 Å². The topological polar surface area (TPSA) is 131 Å². The average Bonchev–Trinajstić information content (AvgIpc) is 4.11. The first-order valence-electron chi connectivity index (χ1n) is 17.2. The van der Waals surface area contributed by atoms with Gasteiger partial charge in [-0.05, 0) is 33.4 Å². The van der Waals surface area contributed by atoms with Crippen molar-refractivity contribution in [2.45, 2.75) is 7.43 Å². The number of halogens is 1. The summed E-state index contributed by atoms with van der Waals surface area (Å²) in [5.41, 5.74) is 12.1. The van der Waals surface area contributed by atoms with Crippen molar-refractivity contribution in [1.82, 2.24) is 30.6 Å². The van der Waals surface area contributed by atoms with Crippen LogP contribution in [-0.4, -0.2) is 33.0 Å². The third-order valence-corrected chi connectivity index (χ3v) is 8.03. The van der Waals surface area contributed by atoms with E-state index in [4.69, 9.17) is 5.11 Å². The molecule has 6 aromatic carbocycles. The van der Waals surface area contributed by atoms with E-state index in [1.165, 1.54) is 0 Å². The summed E-state index contributed by atoms with van der Waals surface area (Å²) < 4.78 is 0. The van der Waals surface area contributed by atoms with Crippen LogP contribution < -0.4 is 66.7 Å². The zero-order valence-electron chi connectivity index (χ0n) is 31.3. The van der Waals surface area contributed by atoms with Crippen LogP contribution in [-0.2, 0) is 18.8 Å². The van der Waals surface area contributed by atoms with E-state index in [1.807, 2.05) is 200 Å². The molecule has 2 N–H and O–H groups in total. The van der Waals surface area contributed by atoms with E-state index in [0.29, 0.717) is 0 Å². The van der Waals surface area contributed by atoms with E-state index >= 15 is 0 Å². The number of nitrogens with zero attached hydrogens (tertiary/aromatic N) is 6. The molecule has 3 aromatic heterocycles. The second kappa shape index (κ2) is 28.0. The number of aliphatic hydroxyl groups excluding tert-OH is 1. The predicted molar refractivity (Wildman–Crippen MR) is 228 cm³/mol. The summed E-state index contributed by atoms with van der Waals surface area (Å²) in [7, 11) is 5.61. The van der Waals surface area contributed by atoms with Gasteiger partial charge in [0.15, 0.2) is 0 Å². The third-order valence-electron chi connectivity index (χ3n) is 8.03. The van der Waals surface area contributed by atoms with Gasteiger partial charge >= 0.3 is 79.6 Å². The molecule has 8 nitrogen and oxygen atoms in total. The van der Waals surface area contributed by atoms with Crippen LogP contribution in [0.1, 0.15) is 7.43 Å². The summed E-state index contributed by atoms with van der Waals surface area (Å²) in [5, 5.41) is 32.3. The molecule has 9 aromatic rings. The normalized spacial score (nSPS) is 9.33. The number of hydrogen-bond acceptors (Lipinski definition) is 5. The number of hydrogen-bond donors (Lipinski definition) is 1. The van der Waals surface area contributed by atoms with Crippen molar-refractivity contribution in [3.63, 3.8) is 0 Å². The van der Waals surface area contributed by atoms with Gasteiger partial charge in [0.25, 0.3) is 0 Å². The Morgan fingerprint density at radius 1 is 0.362 bits per heavy atom. The van der Waals surface area contributed by atoms with Gasteiger partial charge in [-0.15, -0.1) is 17.1 Å². The van der Waals surface area contributed by atoms with Crippen LogP contribution >= 0.6 is 9.42 Å². The number of aliphatic hydroxyl groups is 1.